The summed E-state index contributed by atoms with van der Waals surface area (Å²) in [5.41, 5.74) is 2.38. The van der Waals surface area contributed by atoms with Crippen LogP contribution < -0.4 is 19.8 Å². The fraction of sp³-hybridized carbons (Fsp3) is 0.355. The molecule has 1 aliphatic rings. The van der Waals surface area contributed by atoms with Gasteiger partial charge in [0.25, 0.3) is 5.91 Å². The Kier molecular flexibility index (Phi) is 7.76. The van der Waals surface area contributed by atoms with E-state index in [4.69, 9.17) is 13.9 Å². The predicted molar refractivity (Wildman–Crippen MR) is 155 cm³/mol. The molecule has 0 fully saturated rings. The maximum Gasteiger partial charge on any atom is 0.297 e. The molecule has 4 aromatic rings. The predicted octanol–water partition coefficient (Wildman–Crippen LogP) is 6.79. The number of hydrogen-bond donors (Lipinski definition) is 0. The number of rotatable bonds is 10. The summed E-state index contributed by atoms with van der Waals surface area (Å²) in [5.74, 6) is 0.476. The molecule has 1 atom stereocenters. The average molecular weight is 561 g/mol. The fourth-order valence-corrected chi connectivity index (χ4v) is 6.02. The molecular formula is C31H32N2O6S. The van der Waals surface area contributed by atoms with Crippen molar-refractivity contribution >= 4 is 39.1 Å². The molecule has 208 valence electrons. The Morgan fingerprint density at radius 2 is 1.85 bits per heavy atom. The Labute approximate surface area is 236 Å². The SMILES string of the molecule is CCCCCOc1ccc(C2c3c(oc4ccc(C)cc4c3=O)C(=O)N2c2nc(C)c(C(C)=O)s2)cc1OCC. The fourth-order valence-electron chi connectivity index (χ4n) is 5.03. The van der Waals surface area contributed by atoms with Gasteiger partial charge in [-0.15, -0.1) is 0 Å². The van der Waals surface area contributed by atoms with Crippen LogP contribution in [0.15, 0.2) is 45.6 Å². The van der Waals surface area contributed by atoms with Gasteiger partial charge in [-0.1, -0.05) is 48.8 Å². The largest absolute Gasteiger partial charge is 0.490 e. The molecule has 8 nitrogen and oxygen atoms in total. The number of ether oxygens (including phenoxy) is 2. The molecule has 3 heterocycles. The Morgan fingerprint density at radius 3 is 2.55 bits per heavy atom. The number of aryl methyl sites for hydroxylation is 2. The second-order valence-electron chi connectivity index (χ2n) is 9.91. The molecular weight excluding hydrogens is 528 g/mol. The van der Waals surface area contributed by atoms with Crippen LogP contribution >= 0.6 is 11.3 Å². The number of carbonyl (C=O) groups excluding carboxylic acids is 2. The number of ketones is 1. The zero-order chi connectivity index (χ0) is 28.6. The first kappa shape index (κ1) is 27.6. The number of Topliss-reactive ketones (excluding diaryl/α,β-unsaturated/α-hetero) is 1. The topological polar surface area (TPSA) is 98.9 Å². The lowest BCUT2D eigenvalue weighted by molar-refractivity contribution is 0.0969. The lowest BCUT2D eigenvalue weighted by Gasteiger charge is -2.23. The number of nitrogens with zero attached hydrogens (tertiary/aromatic N) is 2. The van der Waals surface area contributed by atoms with Crippen molar-refractivity contribution in [2.24, 2.45) is 0 Å². The van der Waals surface area contributed by atoms with Gasteiger partial charge in [0, 0.05) is 6.92 Å². The normalized spacial score (nSPS) is 14.6. The zero-order valence-electron chi connectivity index (χ0n) is 23.3. The molecule has 5 rings (SSSR count). The molecule has 40 heavy (non-hydrogen) atoms. The second-order valence-corrected chi connectivity index (χ2v) is 10.9. The molecule has 2 aromatic carbocycles. The van der Waals surface area contributed by atoms with Crippen molar-refractivity contribution in [3.05, 3.63) is 79.6 Å². The summed E-state index contributed by atoms with van der Waals surface area (Å²) in [5, 5.41) is 0.723. The number of amides is 1. The number of aromatic nitrogens is 1. The Bertz CT molecular complexity index is 1670. The number of carbonyl (C=O) groups is 2. The van der Waals surface area contributed by atoms with Gasteiger partial charge in [0.05, 0.1) is 40.8 Å². The maximum atomic E-state index is 14.0. The Balaban J connectivity index is 1.70. The van der Waals surface area contributed by atoms with Gasteiger partial charge in [0.1, 0.15) is 5.58 Å². The molecule has 0 N–H and O–H groups in total. The van der Waals surface area contributed by atoms with Crippen molar-refractivity contribution in [2.75, 3.05) is 18.1 Å². The quantitative estimate of drug-likeness (QED) is 0.156. The number of fused-ring (bicyclic) bond motifs is 2. The van der Waals surface area contributed by atoms with Crippen molar-refractivity contribution in [1.82, 2.24) is 4.98 Å². The Hall–Kier alpha value is -3.98. The van der Waals surface area contributed by atoms with Crippen molar-refractivity contribution in [3.63, 3.8) is 0 Å². The van der Waals surface area contributed by atoms with Gasteiger partial charge < -0.3 is 13.9 Å². The van der Waals surface area contributed by atoms with E-state index in [1.54, 1.807) is 19.1 Å². The van der Waals surface area contributed by atoms with Crippen LogP contribution in [0.3, 0.4) is 0 Å². The maximum absolute atomic E-state index is 14.0. The average Bonchev–Trinajstić information content (AvgIpc) is 3.45. The van der Waals surface area contributed by atoms with E-state index < -0.39 is 11.9 Å². The highest BCUT2D eigenvalue weighted by Gasteiger charge is 2.45. The summed E-state index contributed by atoms with van der Waals surface area (Å²) in [6.07, 6.45) is 3.08. The first-order chi connectivity index (χ1) is 19.2. The van der Waals surface area contributed by atoms with E-state index in [-0.39, 0.29) is 22.5 Å². The molecule has 0 saturated carbocycles. The van der Waals surface area contributed by atoms with Gasteiger partial charge in [-0.25, -0.2) is 4.98 Å². The van der Waals surface area contributed by atoms with Gasteiger partial charge in [-0.2, -0.15) is 0 Å². The Morgan fingerprint density at radius 1 is 1.05 bits per heavy atom. The zero-order valence-corrected chi connectivity index (χ0v) is 24.1. The standard InChI is InChI=1S/C31H32N2O6S/c1-6-8-9-14-38-23-13-11-20(16-24(23)37-7-2)26-25-27(35)21-15-17(3)10-12-22(21)39-28(25)30(36)33(26)31-32-18(4)29(40-31)19(5)34/h10-13,15-16,26H,6-9,14H2,1-5H3. The van der Waals surface area contributed by atoms with Crippen LogP contribution in [0.25, 0.3) is 11.0 Å². The van der Waals surface area contributed by atoms with E-state index in [9.17, 15) is 14.4 Å². The van der Waals surface area contributed by atoms with Crippen LogP contribution in [-0.2, 0) is 0 Å². The van der Waals surface area contributed by atoms with Gasteiger partial charge >= 0.3 is 0 Å². The smallest absolute Gasteiger partial charge is 0.297 e. The first-order valence-corrected chi connectivity index (χ1v) is 14.4. The highest BCUT2D eigenvalue weighted by molar-refractivity contribution is 7.17. The van der Waals surface area contributed by atoms with Crippen LogP contribution in [0, 0.1) is 13.8 Å². The molecule has 1 aliphatic heterocycles. The molecule has 0 saturated heterocycles. The van der Waals surface area contributed by atoms with E-state index in [1.807, 2.05) is 38.1 Å². The van der Waals surface area contributed by atoms with Crippen LogP contribution in [0.2, 0.25) is 0 Å². The van der Waals surface area contributed by atoms with E-state index >= 15 is 0 Å². The number of hydrogen-bond acceptors (Lipinski definition) is 8. The first-order valence-electron chi connectivity index (χ1n) is 13.5. The highest BCUT2D eigenvalue weighted by Crippen LogP contribution is 2.45. The minimum absolute atomic E-state index is 0.0265. The van der Waals surface area contributed by atoms with Gasteiger partial charge in [-0.3, -0.25) is 19.3 Å². The third-order valence-electron chi connectivity index (χ3n) is 6.93. The summed E-state index contributed by atoms with van der Waals surface area (Å²) in [4.78, 5) is 46.6. The third kappa shape index (κ3) is 4.90. The monoisotopic (exact) mass is 560 g/mol. The molecule has 0 radical (unpaired) electrons. The van der Waals surface area contributed by atoms with Gasteiger partial charge in [-0.05, 0) is 57.0 Å². The van der Waals surface area contributed by atoms with E-state index in [0.29, 0.717) is 56.9 Å². The van der Waals surface area contributed by atoms with Gasteiger partial charge in [0.2, 0.25) is 5.76 Å². The van der Waals surface area contributed by atoms with Crippen LogP contribution in [0.1, 0.15) is 88.7 Å². The van der Waals surface area contributed by atoms with Crippen molar-refractivity contribution < 1.29 is 23.5 Å². The number of unbranched alkanes of at least 4 members (excludes halogenated alkanes) is 2. The molecule has 1 amide bonds. The number of benzene rings is 2. The lowest BCUT2D eigenvalue weighted by Crippen LogP contribution is -2.29. The summed E-state index contributed by atoms with van der Waals surface area (Å²) in [6, 6.07) is 9.94. The lowest BCUT2D eigenvalue weighted by atomic mass is 9.98. The molecule has 2 aromatic heterocycles. The highest BCUT2D eigenvalue weighted by atomic mass is 32.1. The number of thiazole rings is 1. The van der Waals surface area contributed by atoms with Crippen LogP contribution in [0.4, 0.5) is 5.13 Å². The second kappa shape index (κ2) is 11.3. The van der Waals surface area contributed by atoms with Crippen molar-refractivity contribution in [2.45, 2.75) is 59.9 Å². The van der Waals surface area contributed by atoms with Crippen molar-refractivity contribution in [3.8, 4) is 11.5 Å². The minimum atomic E-state index is -0.831. The van der Waals surface area contributed by atoms with Crippen LogP contribution in [-0.4, -0.2) is 29.9 Å². The summed E-state index contributed by atoms with van der Waals surface area (Å²) < 4.78 is 18.0. The van der Waals surface area contributed by atoms with Gasteiger partial charge in [0.15, 0.2) is 27.8 Å². The molecule has 1 unspecified atom stereocenters. The minimum Gasteiger partial charge on any atom is -0.490 e. The number of anilines is 1. The van der Waals surface area contributed by atoms with E-state index in [0.717, 1.165) is 36.2 Å². The molecule has 0 spiro atoms. The molecule has 9 heteroatoms. The summed E-state index contributed by atoms with van der Waals surface area (Å²) in [6.45, 7) is 10.1. The molecule has 0 bridgehead atoms. The van der Waals surface area contributed by atoms with E-state index in [2.05, 4.69) is 11.9 Å². The molecule has 0 aliphatic carbocycles. The van der Waals surface area contributed by atoms with Crippen molar-refractivity contribution in [1.29, 1.82) is 0 Å². The van der Waals surface area contributed by atoms with Crippen LogP contribution in [0.5, 0.6) is 11.5 Å². The van der Waals surface area contributed by atoms with E-state index in [1.165, 1.54) is 11.8 Å². The summed E-state index contributed by atoms with van der Waals surface area (Å²) >= 11 is 1.13. The summed E-state index contributed by atoms with van der Waals surface area (Å²) in [7, 11) is 0. The third-order valence-corrected chi connectivity index (χ3v) is 8.18.